The maximum absolute atomic E-state index is 12.2. The van der Waals surface area contributed by atoms with Crippen LogP contribution >= 0.6 is 11.3 Å². The predicted octanol–water partition coefficient (Wildman–Crippen LogP) is 1.64. The van der Waals surface area contributed by atoms with Crippen molar-refractivity contribution >= 4 is 29.0 Å². The van der Waals surface area contributed by atoms with Gasteiger partial charge in [0.05, 0.1) is 13.2 Å². The van der Waals surface area contributed by atoms with Gasteiger partial charge in [-0.2, -0.15) is 0 Å². The van der Waals surface area contributed by atoms with E-state index in [1.54, 1.807) is 11.3 Å². The first-order valence-electron chi connectivity index (χ1n) is 7.10. The van der Waals surface area contributed by atoms with Crippen LogP contribution in [-0.4, -0.2) is 53.5 Å². The third kappa shape index (κ3) is 3.72. The predicted molar refractivity (Wildman–Crippen MR) is 81.3 cm³/mol. The van der Waals surface area contributed by atoms with Crippen LogP contribution < -0.4 is 0 Å². The second-order valence-electron chi connectivity index (χ2n) is 5.27. The van der Waals surface area contributed by atoms with Gasteiger partial charge in [-0.25, -0.2) is 4.79 Å². The number of hydrogen-bond donors (Lipinski definition) is 1. The lowest BCUT2D eigenvalue weighted by molar-refractivity contribution is -0.158. The van der Waals surface area contributed by atoms with Crippen LogP contribution in [0.25, 0.3) is 0 Å². The van der Waals surface area contributed by atoms with Crippen molar-refractivity contribution in [3.05, 3.63) is 21.4 Å². The molecule has 0 spiro atoms. The van der Waals surface area contributed by atoms with E-state index in [2.05, 4.69) is 0 Å². The maximum Gasteiger partial charge on any atom is 0.328 e. The standard InChI is InChI=1S/C15H19NO5S/c1-9-7-11(10(2)22-9)13(17)3-4-14(18)16-5-6-21-8-12(16)15(19)20/h7,12H,3-6,8H2,1-2H3,(H,19,20). The van der Waals surface area contributed by atoms with Gasteiger partial charge in [-0.15, -0.1) is 11.3 Å². The van der Waals surface area contributed by atoms with E-state index in [9.17, 15) is 14.4 Å². The summed E-state index contributed by atoms with van der Waals surface area (Å²) < 4.78 is 5.10. The number of carbonyl (C=O) groups excluding carboxylic acids is 2. The molecule has 0 radical (unpaired) electrons. The van der Waals surface area contributed by atoms with Gasteiger partial charge >= 0.3 is 5.97 Å². The zero-order chi connectivity index (χ0) is 16.3. The third-order valence-corrected chi connectivity index (χ3v) is 4.61. The molecular weight excluding hydrogens is 306 g/mol. The first-order chi connectivity index (χ1) is 10.4. The average Bonchev–Trinajstić information content (AvgIpc) is 2.83. The van der Waals surface area contributed by atoms with Gasteiger partial charge in [0.15, 0.2) is 11.8 Å². The number of carboxylic acid groups (broad SMARTS) is 1. The Hall–Kier alpha value is -1.73. The minimum atomic E-state index is -1.08. The van der Waals surface area contributed by atoms with Gasteiger partial charge < -0.3 is 14.7 Å². The molecule has 1 aliphatic rings. The number of morpholine rings is 1. The van der Waals surface area contributed by atoms with Crippen LogP contribution in [0.1, 0.15) is 33.0 Å². The summed E-state index contributed by atoms with van der Waals surface area (Å²) in [6, 6.07) is 0.878. The summed E-state index contributed by atoms with van der Waals surface area (Å²) in [7, 11) is 0. The highest BCUT2D eigenvalue weighted by Crippen LogP contribution is 2.22. The molecule has 1 N–H and O–H groups in total. The number of ketones is 1. The topological polar surface area (TPSA) is 83.9 Å². The van der Waals surface area contributed by atoms with Crippen LogP contribution in [0.5, 0.6) is 0 Å². The van der Waals surface area contributed by atoms with Crippen LogP contribution in [0, 0.1) is 13.8 Å². The van der Waals surface area contributed by atoms with Crippen LogP contribution in [0.15, 0.2) is 6.07 Å². The summed E-state index contributed by atoms with van der Waals surface area (Å²) in [4.78, 5) is 38.8. The van der Waals surface area contributed by atoms with E-state index in [1.165, 1.54) is 4.90 Å². The van der Waals surface area contributed by atoms with Gasteiger partial charge in [-0.3, -0.25) is 9.59 Å². The highest BCUT2D eigenvalue weighted by atomic mass is 32.1. The Morgan fingerprint density at radius 3 is 2.68 bits per heavy atom. The highest BCUT2D eigenvalue weighted by molar-refractivity contribution is 7.12. The molecule has 1 atom stereocenters. The quantitative estimate of drug-likeness (QED) is 0.832. The minimum Gasteiger partial charge on any atom is -0.480 e. The third-order valence-electron chi connectivity index (χ3n) is 3.64. The molecule has 1 aromatic heterocycles. The summed E-state index contributed by atoms with van der Waals surface area (Å²) in [6.45, 7) is 4.39. The van der Waals surface area contributed by atoms with E-state index in [4.69, 9.17) is 9.84 Å². The van der Waals surface area contributed by atoms with Crippen LogP contribution in [-0.2, 0) is 14.3 Å². The maximum atomic E-state index is 12.2. The SMILES string of the molecule is Cc1cc(C(=O)CCC(=O)N2CCOCC2C(=O)O)c(C)s1. The molecule has 120 valence electrons. The van der Waals surface area contributed by atoms with Crippen molar-refractivity contribution in [3.8, 4) is 0 Å². The Morgan fingerprint density at radius 2 is 2.09 bits per heavy atom. The summed E-state index contributed by atoms with van der Waals surface area (Å²) in [5.74, 6) is -1.47. The van der Waals surface area contributed by atoms with Crippen LogP contribution in [0.3, 0.4) is 0 Å². The zero-order valence-electron chi connectivity index (χ0n) is 12.6. The van der Waals surface area contributed by atoms with Crippen molar-refractivity contribution in [2.45, 2.75) is 32.7 Å². The van der Waals surface area contributed by atoms with E-state index in [-0.39, 0.29) is 37.7 Å². The van der Waals surface area contributed by atoms with Crippen molar-refractivity contribution in [1.29, 1.82) is 0 Å². The Bertz CT molecular complexity index is 595. The molecule has 22 heavy (non-hydrogen) atoms. The number of aryl methyl sites for hydroxylation is 2. The van der Waals surface area contributed by atoms with Crippen molar-refractivity contribution in [2.75, 3.05) is 19.8 Å². The van der Waals surface area contributed by atoms with Crippen LogP contribution in [0.2, 0.25) is 0 Å². The summed E-state index contributed by atoms with van der Waals surface area (Å²) >= 11 is 1.55. The number of carbonyl (C=O) groups is 3. The summed E-state index contributed by atoms with van der Waals surface area (Å²) in [6.07, 6.45) is 0.122. The smallest absolute Gasteiger partial charge is 0.328 e. The van der Waals surface area contributed by atoms with Crippen molar-refractivity contribution in [2.24, 2.45) is 0 Å². The molecule has 0 aromatic carbocycles. The lowest BCUT2D eigenvalue weighted by atomic mass is 10.1. The molecule has 2 rings (SSSR count). The van der Waals surface area contributed by atoms with E-state index in [1.807, 2.05) is 19.9 Å². The van der Waals surface area contributed by atoms with Gasteiger partial charge in [0.2, 0.25) is 5.91 Å². The molecule has 1 saturated heterocycles. The van der Waals surface area contributed by atoms with Gasteiger partial charge in [0, 0.05) is 34.7 Å². The van der Waals surface area contributed by atoms with E-state index >= 15 is 0 Å². The van der Waals surface area contributed by atoms with Crippen molar-refractivity contribution in [1.82, 2.24) is 4.90 Å². The van der Waals surface area contributed by atoms with Gasteiger partial charge in [0.25, 0.3) is 0 Å². The molecular formula is C15H19NO5S. The van der Waals surface area contributed by atoms with Crippen molar-refractivity contribution < 1.29 is 24.2 Å². The Morgan fingerprint density at radius 1 is 1.36 bits per heavy atom. The number of nitrogens with zero attached hydrogens (tertiary/aromatic N) is 1. The molecule has 1 aliphatic heterocycles. The fraction of sp³-hybridized carbons (Fsp3) is 0.533. The van der Waals surface area contributed by atoms with E-state index in [0.29, 0.717) is 12.2 Å². The molecule has 2 heterocycles. The number of aliphatic carboxylic acids is 1. The van der Waals surface area contributed by atoms with Crippen molar-refractivity contribution in [3.63, 3.8) is 0 Å². The lowest BCUT2D eigenvalue weighted by Gasteiger charge is -2.32. The second kappa shape index (κ2) is 7.02. The number of rotatable bonds is 5. The van der Waals surface area contributed by atoms with Crippen LogP contribution in [0.4, 0.5) is 0 Å². The molecule has 0 saturated carbocycles. The largest absolute Gasteiger partial charge is 0.480 e. The number of hydrogen-bond acceptors (Lipinski definition) is 5. The number of thiophene rings is 1. The molecule has 1 fully saturated rings. The molecule has 0 aliphatic carbocycles. The van der Waals surface area contributed by atoms with Gasteiger partial charge in [-0.05, 0) is 19.9 Å². The Balaban J connectivity index is 1.95. The first-order valence-corrected chi connectivity index (χ1v) is 7.92. The number of amides is 1. The van der Waals surface area contributed by atoms with Gasteiger partial charge in [-0.1, -0.05) is 0 Å². The first kappa shape index (κ1) is 16.6. The lowest BCUT2D eigenvalue weighted by Crippen LogP contribution is -2.52. The number of Topliss-reactive ketones (excluding diaryl/α,β-unsaturated/α-hetero) is 1. The second-order valence-corrected chi connectivity index (χ2v) is 6.73. The monoisotopic (exact) mass is 325 g/mol. The molecule has 1 amide bonds. The summed E-state index contributed by atoms with van der Waals surface area (Å²) in [5, 5.41) is 9.11. The molecule has 0 bridgehead atoms. The van der Waals surface area contributed by atoms with E-state index < -0.39 is 12.0 Å². The fourth-order valence-electron chi connectivity index (χ4n) is 2.51. The minimum absolute atomic E-state index is 0.00213. The summed E-state index contributed by atoms with van der Waals surface area (Å²) in [5.41, 5.74) is 0.659. The average molecular weight is 325 g/mol. The number of ether oxygens (including phenoxy) is 1. The molecule has 1 aromatic rings. The zero-order valence-corrected chi connectivity index (χ0v) is 13.4. The number of carboxylic acids is 1. The molecule has 6 nitrogen and oxygen atoms in total. The Labute approximate surface area is 132 Å². The molecule has 1 unspecified atom stereocenters. The van der Waals surface area contributed by atoms with E-state index in [0.717, 1.165) is 9.75 Å². The Kier molecular flexibility index (Phi) is 5.31. The molecule has 7 heteroatoms. The normalized spacial score (nSPS) is 18.3. The fourth-order valence-corrected chi connectivity index (χ4v) is 3.46. The highest BCUT2D eigenvalue weighted by Gasteiger charge is 2.32. The van der Waals surface area contributed by atoms with Gasteiger partial charge in [0.1, 0.15) is 0 Å².